The molecule has 0 aromatic heterocycles. The van der Waals surface area contributed by atoms with Crippen LogP contribution in [0.2, 0.25) is 5.02 Å². The van der Waals surface area contributed by atoms with Crippen LogP contribution in [-0.2, 0) is 5.60 Å². The van der Waals surface area contributed by atoms with E-state index in [4.69, 9.17) is 11.6 Å². The third kappa shape index (κ3) is 4.31. The van der Waals surface area contributed by atoms with Crippen molar-refractivity contribution in [3.63, 3.8) is 0 Å². The van der Waals surface area contributed by atoms with E-state index in [1.54, 1.807) is 31.2 Å². The first-order valence-corrected chi connectivity index (χ1v) is 8.76. The van der Waals surface area contributed by atoms with Crippen LogP contribution in [-0.4, -0.2) is 17.6 Å². The Hall–Kier alpha value is -2.62. The first-order chi connectivity index (χ1) is 12.5. The van der Waals surface area contributed by atoms with Gasteiger partial charge in [-0.15, -0.1) is 0 Å². The van der Waals surface area contributed by atoms with Gasteiger partial charge in [-0.25, -0.2) is 0 Å². The van der Waals surface area contributed by atoms with Crippen molar-refractivity contribution < 1.29 is 9.90 Å². The number of halogens is 1. The van der Waals surface area contributed by atoms with Gasteiger partial charge in [-0.3, -0.25) is 4.79 Å². The predicted molar refractivity (Wildman–Crippen MR) is 105 cm³/mol. The molecule has 0 aliphatic rings. The van der Waals surface area contributed by atoms with E-state index in [9.17, 15) is 9.90 Å². The first kappa shape index (κ1) is 18.2. The maximum atomic E-state index is 12.2. The van der Waals surface area contributed by atoms with Crippen LogP contribution < -0.4 is 5.32 Å². The number of rotatable bonds is 5. The van der Waals surface area contributed by atoms with Crippen molar-refractivity contribution in [1.29, 1.82) is 0 Å². The smallest absolute Gasteiger partial charge is 0.251 e. The summed E-state index contributed by atoms with van der Waals surface area (Å²) in [5, 5.41) is 14.1. The molecule has 0 heterocycles. The molecule has 132 valence electrons. The summed E-state index contributed by atoms with van der Waals surface area (Å²) in [5.41, 5.74) is 2.28. The summed E-state index contributed by atoms with van der Waals surface area (Å²) in [6.07, 6.45) is 0. The molecule has 3 nitrogen and oxygen atoms in total. The maximum Gasteiger partial charge on any atom is 0.251 e. The fourth-order valence-corrected chi connectivity index (χ4v) is 2.84. The van der Waals surface area contributed by atoms with Crippen LogP contribution >= 0.6 is 11.6 Å². The summed E-state index contributed by atoms with van der Waals surface area (Å²) in [6.45, 7) is 1.80. The molecule has 0 fully saturated rings. The molecule has 0 saturated heterocycles. The average Bonchev–Trinajstić information content (AvgIpc) is 2.67. The van der Waals surface area contributed by atoms with Gasteiger partial charge >= 0.3 is 0 Å². The molecule has 0 saturated carbocycles. The minimum atomic E-state index is -1.17. The molecular formula is C22H20ClNO2. The quantitative estimate of drug-likeness (QED) is 0.691. The zero-order valence-electron chi connectivity index (χ0n) is 14.4. The lowest BCUT2D eigenvalue weighted by atomic mass is 9.93. The van der Waals surface area contributed by atoms with E-state index in [1.165, 1.54) is 0 Å². The molecule has 2 N–H and O–H groups in total. The predicted octanol–water partition coefficient (Wildman–Crippen LogP) is 4.64. The Morgan fingerprint density at radius 3 is 2.12 bits per heavy atom. The topological polar surface area (TPSA) is 49.3 Å². The molecule has 1 atom stereocenters. The molecule has 0 spiro atoms. The zero-order valence-corrected chi connectivity index (χ0v) is 15.2. The van der Waals surface area contributed by atoms with Crippen LogP contribution in [0.15, 0.2) is 78.9 Å². The molecule has 3 aromatic rings. The lowest BCUT2D eigenvalue weighted by molar-refractivity contribution is 0.0526. The average molecular weight is 366 g/mol. The first-order valence-electron chi connectivity index (χ1n) is 8.38. The molecule has 0 radical (unpaired) electrons. The second-order valence-corrected chi connectivity index (χ2v) is 6.84. The molecule has 4 heteroatoms. The lowest BCUT2D eigenvalue weighted by Crippen LogP contribution is -2.38. The summed E-state index contributed by atoms with van der Waals surface area (Å²) in [7, 11) is 0. The van der Waals surface area contributed by atoms with Crippen LogP contribution in [0.1, 0.15) is 22.8 Å². The summed E-state index contributed by atoms with van der Waals surface area (Å²) < 4.78 is 0. The standard InChI is InChI=1S/C22H20ClNO2/c1-22(26,15-24-21(25)18-9-13-20(23)14-10-18)19-11-7-17(8-12-19)16-5-3-2-4-6-16/h2-14,26H,15H2,1H3,(H,24,25). The van der Waals surface area contributed by atoms with Gasteiger partial charge in [0.25, 0.3) is 5.91 Å². The van der Waals surface area contributed by atoms with Crippen LogP contribution in [0.5, 0.6) is 0 Å². The molecule has 0 bridgehead atoms. The molecule has 0 aliphatic carbocycles. The van der Waals surface area contributed by atoms with Crippen LogP contribution in [0.25, 0.3) is 11.1 Å². The minimum Gasteiger partial charge on any atom is -0.384 e. The van der Waals surface area contributed by atoms with Crippen molar-refractivity contribution in [2.75, 3.05) is 6.54 Å². The van der Waals surface area contributed by atoms with Gasteiger partial charge in [-0.05, 0) is 47.9 Å². The Balaban J connectivity index is 1.67. The number of amides is 1. The van der Waals surface area contributed by atoms with E-state index in [1.807, 2.05) is 54.6 Å². The van der Waals surface area contributed by atoms with Crippen LogP contribution in [0.4, 0.5) is 0 Å². The Morgan fingerprint density at radius 1 is 0.923 bits per heavy atom. The number of nitrogens with one attached hydrogen (secondary N) is 1. The Kier molecular flexibility index (Phi) is 5.40. The fourth-order valence-electron chi connectivity index (χ4n) is 2.71. The molecule has 3 rings (SSSR count). The number of hydrogen-bond acceptors (Lipinski definition) is 2. The van der Waals surface area contributed by atoms with E-state index in [-0.39, 0.29) is 12.5 Å². The van der Waals surface area contributed by atoms with Crippen molar-refractivity contribution in [3.05, 3.63) is 95.0 Å². The van der Waals surface area contributed by atoms with Gasteiger partial charge in [-0.1, -0.05) is 66.2 Å². The third-order valence-electron chi connectivity index (χ3n) is 4.31. The number of benzene rings is 3. The number of aliphatic hydroxyl groups is 1. The van der Waals surface area contributed by atoms with Crippen molar-refractivity contribution >= 4 is 17.5 Å². The van der Waals surface area contributed by atoms with Crippen molar-refractivity contribution in [2.45, 2.75) is 12.5 Å². The van der Waals surface area contributed by atoms with E-state index in [0.29, 0.717) is 10.6 Å². The summed E-state index contributed by atoms with van der Waals surface area (Å²) >= 11 is 5.83. The normalized spacial score (nSPS) is 13.0. The van der Waals surface area contributed by atoms with E-state index in [2.05, 4.69) is 5.32 Å². The second kappa shape index (κ2) is 7.73. The highest BCUT2D eigenvalue weighted by molar-refractivity contribution is 6.30. The van der Waals surface area contributed by atoms with Crippen LogP contribution in [0.3, 0.4) is 0 Å². The molecule has 3 aromatic carbocycles. The summed E-state index contributed by atoms with van der Waals surface area (Å²) in [6, 6.07) is 24.4. The summed E-state index contributed by atoms with van der Waals surface area (Å²) in [4.78, 5) is 12.2. The Morgan fingerprint density at radius 2 is 1.50 bits per heavy atom. The Labute approximate surface area is 158 Å². The van der Waals surface area contributed by atoms with Crippen molar-refractivity contribution in [2.24, 2.45) is 0 Å². The monoisotopic (exact) mass is 365 g/mol. The van der Waals surface area contributed by atoms with Gasteiger partial charge < -0.3 is 10.4 Å². The van der Waals surface area contributed by atoms with Gasteiger partial charge in [0.1, 0.15) is 5.60 Å². The van der Waals surface area contributed by atoms with E-state index in [0.717, 1.165) is 16.7 Å². The van der Waals surface area contributed by atoms with Gasteiger partial charge in [-0.2, -0.15) is 0 Å². The number of carbonyl (C=O) groups excluding carboxylic acids is 1. The second-order valence-electron chi connectivity index (χ2n) is 6.41. The van der Waals surface area contributed by atoms with Crippen molar-refractivity contribution in [1.82, 2.24) is 5.32 Å². The van der Waals surface area contributed by atoms with Crippen molar-refractivity contribution in [3.8, 4) is 11.1 Å². The van der Waals surface area contributed by atoms with Gasteiger partial charge in [0.15, 0.2) is 0 Å². The number of carbonyl (C=O) groups is 1. The van der Waals surface area contributed by atoms with Gasteiger partial charge in [0, 0.05) is 10.6 Å². The highest BCUT2D eigenvalue weighted by Crippen LogP contribution is 2.25. The minimum absolute atomic E-state index is 0.110. The molecule has 26 heavy (non-hydrogen) atoms. The highest BCUT2D eigenvalue weighted by Gasteiger charge is 2.24. The SMILES string of the molecule is CC(O)(CNC(=O)c1ccc(Cl)cc1)c1ccc(-c2ccccc2)cc1. The van der Waals surface area contributed by atoms with Gasteiger partial charge in [0.2, 0.25) is 0 Å². The third-order valence-corrected chi connectivity index (χ3v) is 4.57. The molecule has 1 unspecified atom stereocenters. The molecular weight excluding hydrogens is 346 g/mol. The molecule has 0 aliphatic heterocycles. The maximum absolute atomic E-state index is 12.2. The Bertz CT molecular complexity index is 872. The molecule has 1 amide bonds. The highest BCUT2D eigenvalue weighted by atomic mass is 35.5. The van der Waals surface area contributed by atoms with Gasteiger partial charge in [0.05, 0.1) is 6.54 Å². The fraction of sp³-hybridized carbons (Fsp3) is 0.136. The largest absolute Gasteiger partial charge is 0.384 e. The number of hydrogen-bond donors (Lipinski definition) is 2. The summed E-state index contributed by atoms with van der Waals surface area (Å²) in [5.74, 6) is -0.247. The lowest BCUT2D eigenvalue weighted by Gasteiger charge is -2.24. The van der Waals surface area contributed by atoms with Crippen LogP contribution in [0, 0.1) is 0 Å². The van der Waals surface area contributed by atoms with E-state index < -0.39 is 5.60 Å². The van der Waals surface area contributed by atoms with E-state index >= 15 is 0 Å². The zero-order chi connectivity index (χ0) is 18.6.